The van der Waals surface area contributed by atoms with Gasteiger partial charge in [-0.05, 0) is 6.92 Å². The van der Waals surface area contributed by atoms with Gasteiger partial charge in [-0.15, -0.1) is 0 Å². The molecule has 0 saturated carbocycles. The fourth-order valence-electron chi connectivity index (χ4n) is 2.29. The molecule has 0 saturated heterocycles. The Morgan fingerprint density at radius 3 is 2.57 bits per heavy atom. The Hall–Kier alpha value is -2.89. The summed E-state index contributed by atoms with van der Waals surface area (Å²) in [6.07, 6.45) is 1.73. The van der Waals surface area contributed by atoms with Crippen molar-refractivity contribution in [1.29, 1.82) is 0 Å². The van der Waals surface area contributed by atoms with Gasteiger partial charge in [0.15, 0.2) is 5.76 Å². The van der Waals surface area contributed by atoms with Crippen LogP contribution in [-0.4, -0.2) is 26.0 Å². The fraction of sp³-hybridized carbons (Fsp3) is 0.133. The van der Waals surface area contributed by atoms with E-state index in [0.717, 1.165) is 0 Å². The highest BCUT2D eigenvalue weighted by Gasteiger charge is 2.26. The highest BCUT2D eigenvalue weighted by molar-refractivity contribution is 6.00. The monoisotopic (exact) mass is 283 g/mol. The summed E-state index contributed by atoms with van der Waals surface area (Å²) in [5, 5.41) is 17.7. The van der Waals surface area contributed by atoms with Gasteiger partial charge in [0.2, 0.25) is 0 Å². The van der Waals surface area contributed by atoms with Crippen molar-refractivity contribution in [3.8, 4) is 22.6 Å². The number of rotatable bonds is 3. The molecular formula is C15H13N3O3. The standard InChI is InChI=1S/C15H13N3O3/c1-9-11(8-18(2)16-9)13-12(15(19)20)14(21-17-13)10-6-4-3-5-7-10/h3-8H,1-2H3,(H,19,20). The molecule has 6 heteroatoms. The molecule has 0 aliphatic carbocycles. The molecule has 0 amide bonds. The van der Waals surface area contributed by atoms with Crippen LogP contribution in [0.5, 0.6) is 0 Å². The van der Waals surface area contributed by atoms with Crippen molar-refractivity contribution in [2.75, 3.05) is 0 Å². The van der Waals surface area contributed by atoms with E-state index in [1.54, 1.807) is 37.0 Å². The first-order valence-corrected chi connectivity index (χ1v) is 6.37. The van der Waals surface area contributed by atoms with E-state index in [1.165, 1.54) is 0 Å². The van der Waals surface area contributed by atoms with E-state index in [2.05, 4.69) is 10.3 Å². The topological polar surface area (TPSA) is 81.2 Å². The molecule has 21 heavy (non-hydrogen) atoms. The average molecular weight is 283 g/mol. The van der Waals surface area contributed by atoms with E-state index < -0.39 is 5.97 Å². The Kier molecular flexibility index (Phi) is 3.06. The molecule has 0 spiro atoms. The van der Waals surface area contributed by atoms with Gasteiger partial charge < -0.3 is 9.63 Å². The van der Waals surface area contributed by atoms with Crippen molar-refractivity contribution in [2.45, 2.75) is 6.92 Å². The van der Waals surface area contributed by atoms with E-state index in [9.17, 15) is 9.90 Å². The number of nitrogens with zero attached hydrogens (tertiary/aromatic N) is 3. The molecule has 106 valence electrons. The van der Waals surface area contributed by atoms with Crippen LogP contribution in [0.25, 0.3) is 22.6 Å². The number of carbonyl (C=O) groups is 1. The van der Waals surface area contributed by atoms with E-state index in [0.29, 0.717) is 22.5 Å². The summed E-state index contributed by atoms with van der Waals surface area (Å²) < 4.78 is 6.91. The number of aromatic carboxylic acids is 1. The maximum absolute atomic E-state index is 11.6. The Morgan fingerprint density at radius 1 is 1.29 bits per heavy atom. The average Bonchev–Trinajstić information content (AvgIpc) is 3.02. The Labute approximate surface area is 120 Å². The Morgan fingerprint density at radius 2 is 2.00 bits per heavy atom. The van der Waals surface area contributed by atoms with Crippen molar-refractivity contribution in [3.05, 3.63) is 47.8 Å². The highest BCUT2D eigenvalue weighted by Crippen LogP contribution is 2.33. The molecule has 3 rings (SSSR count). The lowest BCUT2D eigenvalue weighted by molar-refractivity contribution is 0.0698. The molecule has 1 N–H and O–H groups in total. The second kappa shape index (κ2) is 4.90. The molecule has 0 aliphatic rings. The van der Waals surface area contributed by atoms with Crippen LogP contribution in [0.15, 0.2) is 41.1 Å². The predicted octanol–water partition coefficient (Wildman–Crippen LogP) is 2.75. The maximum Gasteiger partial charge on any atom is 0.342 e. The number of aryl methyl sites for hydroxylation is 2. The smallest absolute Gasteiger partial charge is 0.342 e. The van der Waals surface area contributed by atoms with Gasteiger partial charge in [0.05, 0.1) is 5.69 Å². The third kappa shape index (κ3) is 2.20. The number of carboxylic acid groups (broad SMARTS) is 1. The predicted molar refractivity (Wildman–Crippen MR) is 75.8 cm³/mol. The van der Waals surface area contributed by atoms with Gasteiger partial charge in [-0.3, -0.25) is 4.68 Å². The van der Waals surface area contributed by atoms with Crippen LogP contribution < -0.4 is 0 Å². The largest absolute Gasteiger partial charge is 0.477 e. The highest BCUT2D eigenvalue weighted by atomic mass is 16.5. The molecule has 3 aromatic rings. The minimum absolute atomic E-state index is 0.0531. The summed E-state index contributed by atoms with van der Waals surface area (Å²) in [6, 6.07) is 9.06. The summed E-state index contributed by atoms with van der Waals surface area (Å²) in [4.78, 5) is 11.6. The molecule has 0 unspecified atom stereocenters. The van der Waals surface area contributed by atoms with Crippen LogP contribution >= 0.6 is 0 Å². The summed E-state index contributed by atoms with van der Waals surface area (Å²) in [6.45, 7) is 1.80. The molecule has 0 atom stereocenters. The van der Waals surface area contributed by atoms with Crippen molar-refractivity contribution >= 4 is 5.97 Å². The van der Waals surface area contributed by atoms with Crippen molar-refractivity contribution < 1.29 is 14.4 Å². The Balaban J connectivity index is 2.22. The molecule has 2 heterocycles. The van der Waals surface area contributed by atoms with E-state index in [4.69, 9.17) is 4.52 Å². The Bertz CT molecular complexity index is 803. The van der Waals surface area contributed by atoms with Crippen molar-refractivity contribution in [2.24, 2.45) is 7.05 Å². The molecular weight excluding hydrogens is 270 g/mol. The summed E-state index contributed by atoms with van der Waals surface area (Å²) in [5.41, 5.74) is 2.38. The van der Waals surface area contributed by atoms with Gasteiger partial charge in [0, 0.05) is 24.4 Å². The van der Waals surface area contributed by atoms with Gasteiger partial charge in [-0.25, -0.2) is 4.79 Å². The SMILES string of the molecule is Cc1nn(C)cc1-c1noc(-c2ccccc2)c1C(=O)O. The van der Waals surface area contributed by atoms with E-state index >= 15 is 0 Å². The van der Waals surface area contributed by atoms with Gasteiger partial charge >= 0.3 is 5.97 Å². The van der Waals surface area contributed by atoms with Gasteiger partial charge in [-0.2, -0.15) is 5.10 Å². The molecule has 0 fully saturated rings. The fourth-order valence-corrected chi connectivity index (χ4v) is 2.29. The third-order valence-corrected chi connectivity index (χ3v) is 3.21. The van der Waals surface area contributed by atoms with Crippen LogP contribution in [0.4, 0.5) is 0 Å². The lowest BCUT2D eigenvalue weighted by atomic mass is 10.0. The van der Waals surface area contributed by atoms with Crippen LogP contribution in [0.1, 0.15) is 16.1 Å². The van der Waals surface area contributed by atoms with Crippen LogP contribution in [0.2, 0.25) is 0 Å². The lowest BCUT2D eigenvalue weighted by Gasteiger charge is -1.98. The minimum Gasteiger partial charge on any atom is -0.477 e. The van der Waals surface area contributed by atoms with Crippen molar-refractivity contribution in [1.82, 2.24) is 14.9 Å². The zero-order valence-corrected chi connectivity index (χ0v) is 11.6. The first-order valence-electron chi connectivity index (χ1n) is 6.37. The molecule has 0 bridgehead atoms. The second-order valence-electron chi connectivity index (χ2n) is 4.71. The third-order valence-electron chi connectivity index (χ3n) is 3.21. The molecule has 0 aliphatic heterocycles. The van der Waals surface area contributed by atoms with Gasteiger partial charge in [0.1, 0.15) is 11.3 Å². The molecule has 6 nitrogen and oxygen atoms in total. The summed E-state index contributed by atoms with van der Waals surface area (Å²) in [7, 11) is 1.77. The summed E-state index contributed by atoms with van der Waals surface area (Å²) >= 11 is 0. The van der Waals surface area contributed by atoms with E-state index in [1.807, 2.05) is 18.2 Å². The molecule has 1 aromatic carbocycles. The minimum atomic E-state index is -1.08. The number of aromatic nitrogens is 3. The van der Waals surface area contributed by atoms with Gasteiger partial charge in [-0.1, -0.05) is 35.5 Å². The lowest BCUT2D eigenvalue weighted by Crippen LogP contribution is -1.99. The number of benzene rings is 1. The first kappa shape index (κ1) is 13.1. The summed E-state index contributed by atoms with van der Waals surface area (Å²) in [5.74, 6) is -0.824. The first-order chi connectivity index (χ1) is 10.1. The number of hydrogen-bond donors (Lipinski definition) is 1. The number of carboxylic acids is 1. The zero-order chi connectivity index (χ0) is 15.0. The quantitative estimate of drug-likeness (QED) is 0.799. The van der Waals surface area contributed by atoms with Crippen molar-refractivity contribution in [3.63, 3.8) is 0 Å². The second-order valence-corrected chi connectivity index (χ2v) is 4.71. The van der Waals surface area contributed by atoms with Crippen LogP contribution in [-0.2, 0) is 7.05 Å². The maximum atomic E-state index is 11.6. The zero-order valence-electron chi connectivity index (χ0n) is 11.6. The molecule has 0 radical (unpaired) electrons. The van der Waals surface area contributed by atoms with Crippen LogP contribution in [0.3, 0.4) is 0 Å². The number of hydrogen-bond acceptors (Lipinski definition) is 4. The van der Waals surface area contributed by atoms with Crippen LogP contribution in [0, 0.1) is 6.92 Å². The normalized spacial score (nSPS) is 10.8. The van der Waals surface area contributed by atoms with Gasteiger partial charge in [0.25, 0.3) is 0 Å². The van der Waals surface area contributed by atoms with E-state index in [-0.39, 0.29) is 11.3 Å². The molecule has 2 aromatic heterocycles.